The fraction of sp³-hybridized carbons (Fsp3) is 0.222. The third-order valence-electron chi connectivity index (χ3n) is 4.07. The molecule has 0 spiro atoms. The van der Waals surface area contributed by atoms with Crippen LogP contribution in [0.4, 0.5) is 11.4 Å². The maximum absolute atomic E-state index is 12.3. The topological polar surface area (TPSA) is 92.8 Å². The van der Waals surface area contributed by atoms with Gasteiger partial charge < -0.3 is 10.1 Å². The molecule has 1 N–H and O–H groups in total. The SMILES string of the molecule is COc1ccc(NC(=O)c2ccc(N3C(=O)[C@@H](C)CS3(=O)=O)cc2)cc1. The molecule has 136 valence electrons. The first-order valence-electron chi connectivity index (χ1n) is 7.94. The molecule has 0 unspecified atom stereocenters. The molecule has 0 bridgehead atoms. The fourth-order valence-corrected chi connectivity index (χ4v) is 4.53. The maximum Gasteiger partial charge on any atom is 0.255 e. The van der Waals surface area contributed by atoms with Crippen molar-refractivity contribution >= 4 is 33.2 Å². The van der Waals surface area contributed by atoms with Crippen molar-refractivity contribution in [3.8, 4) is 5.75 Å². The van der Waals surface area contributed by atoms with Crippen LogP contribution in [-0.2, 0) is 14.8 Å². The molecule has 1 aliphatic rings. The Hall–Kier alpha value is -2.87. The van der Waals surface area contributed by atoms with Crippen LogP contribution in [-0.4, -0.2) is 33.1 Å². The van der Waals surface area contributed by atoms with Gasteiger partial charge in [-0.15, -0.1) is 0 Å². The lowest BCUT2D eigenvalue weighted by atomic mass is 10.1. The summed E-state index contributed by atoms with van der Waals surface area (Å²) in [5.74, 6) is -0.895. The van der Waals surface area contributed by atoms with E-state index in [9.17, 15) is 18.0 Å². The number of rotatable bonds is 4. The van der Waals surface area contributed by atoms with Gasteiger partial charge in [-0.05, 0) is 48.5 Å². The normalized spacial score (nSPS) is 18.6. The number of amides is 2. The van der Waals surface area contributed by atoms with E-state index in [1.807, 2.05) is 0 Å². The lowest BCUT2D eigenvalue weighted by Crippen LogP contribution is -2.30. The lowest BCUT2D eigenvalue weighted by Gasteiger charge is -2.15. The van der Waals surface area contributed by atoms with Gasteiger partial charge in [-0.1, -0.05) is 6.92 Å². The van der Waals surface area contributed by atoms with Crippen LogP contribution in [0.1, 0.15) is 17.3 Å². The molecule has 2 aromatic rings. The Balaban J connectivity index is 1.76. The van der Waals surface area contributed by atoms with Crippen LogP contribution < -0.4 is 14.4 Å². The zero-order chi connectivity index (χ0) is 18.9. The maximum atomic E-state index is 12.3. The molecule has 0 aromatic heterocycles. The van der Waals surface area contributed by atoms with Crippen LogP contribution in [0, 0.1) is 5.92 Å². The zero-order valence-corrected chi connectivity index (χ0v) is 15.1. The van der Waals surface area contributed by atoms with Gasteiger partial charge in [0.05, 0.1) is 24.5 Å². The van der Waals surface area contributed by atoms with Gasteiger partial charge in [0.25, 0.3) is 5.91 Å². The number of sulfonamides is 1. The molecule has 0 aliphatic carbocycles. The minimum absolute atomic E-state index is 0.203. The van der Waals surface area contributed by atoms with Gasteiger partial charge in [-0.3, -0.25) is 9.59 Å². The molecule has 0 saturated carbocycles. The van der Waals surface area contributed by atoms with Crippen LogP contribution in [0.25, 0.3) is 0 Å². The van der Waals surface area contributed by atoms with Crippen molar-refractivity contribution < 1.29 is 22.7 Å². The molecule has 1 heterocycles. The molecule has 3 rings (SSSR count). The number of hydrogen-bond acceptors (Lipinski definition) is 5. The van der Waals surface area contributed by atoms with Crippen LogP contribution in [0.5, 0.6) is 5.75 Å². The highest BCUT2D eigenvalue weighted by molar-refractivity contribution is 7.94. The summed E-state index contributed by atoms with van der Waals surface area (Å²) in [5.41, 5.74) is 1.19. The number of nitrogens with one attached hydrogen (secondary N) is 1. The van der Waals surface area contributed by atoms with E-state index in [2.05, 4.69) is 5.32 Å². The molecule has 2 amide bonds. The molecule has 8 heteroatoms. The van der Waals surface area contributed by atoms with E-state index < -0.39 is 21.8 Å². The highest BCUT2D eigenvalue weighted by atomic mass is 32.2. The minimum atomic E-state index is -3.66. The van der Waals surface area contributed by atoms with Crippen molar-refractivity contribution in [3.63, 3.8) is 0 Å². The third-order valence-corrected chi connectivity index (χ3v) is 5.94. The first kappa shape index (κ1) is 17.9. The zero-order valence-electron chi connectivity index (χ0n) is 14.3. The monoisotopic (exact) mass is 374 g/mol. The molecule has 1 aliphatic heterocycles. The number of methoxy groups -OCH3 is 1. The number of benzene rings is 2. The fourth-order valence-electron chi connectivity index (χ4n) is 2.71. The third kappa shape index (κ3) is 3.41. The Labute approximate surface area is 151 Å². The number of nitrogens with zero attached hydrogens (tertiary/aromatic N) is 1. The second-order valence-electron chi connectivity index (χ2n) is 6.01. The molecule has 1 saturated heterocycles. The molecule has 1 atom stereocenters. The number of anilines is 2. The van der Waals surface area contributed by atoms with Crippen LogP contribution >= 0.6 is 0 Å². The molecule has 7 nitrogen and oxygen atoms in total. The molecule has 26 heavy (non-hydrogen) atoms. The predicted octanol–water partition coefficient (Wildman–Crippen LogP) is 2.26. The molecule has 0 radical (unpaired) electrons. The van der Waals surface area contributed by atoms with Crippen LogP contribution in [0.15, 0.2) is 48.5 Å². The van der Waals surface area contributed by atoms with Gasteiger partial charge in [0.1, 0.15) is 5.75 Å². The molecular weight excluding hydrogens is 356 g/mol. The van der Waals surface area contributed by atoms with Crippen molar-refractivity contribution in [2.24, 2.45) is 5.92 Å². The van der Waals surface area contributed by atoms with Crippen molar-refractivity contribution in [1.29, 1.82) is 0 Å². The first-order valence-corrected chi connectivity index (χ1v) is 9.55. The summed E-state index contributed by atoms with van der Waals surface area (Å²) in [7, 11) is -2.10. The Kier molecular flexibility index (Phi) is 4.69. The van der Waals surface area contributed by atoms with E-state index in [-0.39, 0.29) is 17.3 Å². The summed E-state index contributed by atoms with van der Waals surface area (Å²) in [4.78, 5) is 24.4. The Morgan fingerprint density at radius 3 is 2.23 bits per heavy atom. The number of ether oxygens (including phenoxy) is 1. The van der Waals surface area contributed by atoms with Gasteiger partial charge in [-0.2, -0.15) is 0 Å². The van der Waals surface area contributed by atoms with Crippen LogP contribution in [0.3, 0.4) is 0 Å². The predicted molar refractivity (Wildman–Crippen MR) is 97.8 cm³/mol. The summed E-state index contributed by atoms with van der Waals surface area (Å²) in [6, 6.07) is 12.8. The van der Waals surface area contributed by atoms with E-state index in [0.29, 0.717) is 17.0 Å². The lowest BCUT2D eigenvalue weighted by molar-refractivity contribution is -0.119. The Morgan fingerprint density at radius 2 is 1.73 bits per heavy atom. The van der Waals surface area contributed by atoms with Crippen LogP contribution in [0.2, 0.25) is 0 Å². The molecule has 2 aromatic carbocycles. The number of hydrogen-bond donors (Lipinski definition) is 1. The van der Waals surface area contributed by atoms with Crippen molar-refractivity contribution in [2.75, 3.05) is 22.5 Å². The van der Waals surface area contributed by atoms with Gasteiger partial charge in [0, 0.05) is 11.3 Å². The van der Waals surface area contributed by atoms with E-state index in [1.165, 1.54) is 24.3 Å². The quantitative estimate of drug-likeness (QED) is 0.886. The summed E-state index contributed by atoms with van der Waals surface area (Å²) in [6.45, 7) is 1.58. The first-order chi connectivity index (χ1) is 12.3. The van der Waals surface area contributed by atoms with E-state index >= 15 is 0 Å². The van der Waals surface area contributed by atoms with E-state index in [4.69, 9.17) is 4.74 Å². The van der Waals surface area contributed by atoms with Crippen molar-refractivity contribution in [2.45, 2.75) is 6.92 Å². The highest BCUT2D eigenvalue weighted by Crippen LogP contribution is 2.28. The van der Waals surface area contributed by atoms with Gasteiger partial charge >= 0.3 is 0 Å². The average Bonchev–Trinajstić information content (AvgIpc) is 2.83. The summed E-state index contributed by atoms with van der Waals surface area (Å²) < 4.78 is 30.1. The Bertz CT molecular complexity index is 937. The highest BCUT2D eigenvalue weighted by Gasteiger charge is 2.41. The standard InChI is InChI=1S/C18H18N2O5S/c1-12-11-26(23,24)20(18(12)22)15-7-3-13(4-8-15)17(21)19-14-5-9-16(25-2)10-6-14/h3-10,12H,11H2,1-2H3,(H,19,21)/t12-/m0/s1. The van der Waals surface area contributed by atoms with Gasteiger partial charge in [0.15, 0.2) is 0 Å². The Morgan fingerprint density at radius 1 is 1.12 bits per heavy atom. The van der Waals surface area contributed by atoms with E-state index in [1.54, 1.807) is 38.3 Å². The second-order valence-corrected chi connectivity index (χ2v) is 7.87. The smallest absolute Gasteiger partial charge is 0.255 e. The van der Waals surface area contributed by atoms with E-state index in [0.717, 1.165) is 4.31 Å². The van der Waals surface area contributed by atoms with Crippen molar-refractivity contribution in [3.05, 3.63) is 54.1 Å². The summed E-state index contributed by atoms with van der Waals surface area (Å²) in [6.07, 6.45) is 0. The summed E-state index contributed by atoms with van der Waals surface area (Å²) >= 11 is 0. The molecule has 1 fully saturated rings. The van der Waals surface area contributed by atoms with Crippen molar-refractivity contribution in [1.82, 2.24) is 0 Å². The summed E-state index contributed by atoms with van der Waals surface area (Å²) in [5, 5.41) is 2.74. The number of carbonyl (C=O) groups is 2. The second kappa shape index (κ2) is 6.80. The minimum Gasteiger partial charge on any atom is -0.497 e. The average molecular weight is 374 g/mol. The largest absolute Gasteiger partial charge is 0.497 e. The molecular formula is C18H18N2O5S. The number of carbonyl (C=O) groups excluding carboxylic acids is 2. The van der Waals surface area contributed by atoms with Gasteiger partial charge in [0.2, 0.25) is 15.9 Å². The van der Waals surface area contributed by atoms with Gasteiger partial charge in [-0.25, -0.2) is 12.7 Å².